The highest BCUT2D eigenvalue weighted by molar-refractivity contribution is 6.06. The van der Waals surface area contributed by atoms with E-state index in [0.717, 1.165) is 30.3 Å². The molecule has 2 heterocycles. The van der Waals surface area contributed by atoms with Crippen LogP contribution in [0.5, 0.6) is 5.75 Å². The number of carbonyl (C=O) groups is 1. The molecule has 2 N–H and O–H groups in total. The molecule has 1 aromatic heterocycles. The molecule has 1 fully saturated rings. The SMILES string of the molecule is COc1ccccc1C(=O)Nc1ccc(Nc2nc(C)cc(N3CCCCC3)n2)cc1. The number of ether oxygens (including phenoxy) is 1. The van der Waals surface area contributed by atoms with Crippen molar-refractivity contribution in [1.29, 1.82) is 0 Å². The molecule has 0 atom stereocenters. The molecule has 160 valence electrons. The third kappa shape index (κ3) is 5.12. The lowest BCUT2D eigenvalue weighted by atomic mass is 10.1. The molecule has 31 heavy (non-hydrogen) atoms. The zero-order chi connectivity index (χ0) is 21.6. The number of piperidine rings is 1. The molecule has 0 unspecified atom stereocenters. The third-order valence-corrected chi connectivity index (χ3v) is 5.27. The van der Waals surface area contributed by atoms with Gasteiger partial charge in [-0.3, -0.25) is 4.79 Å². The molecule has 0 aliphatic carbocycles. The molecule has 0 saturated carbocycles. The van der Waals surface area contributed by atoms with Gasteiger partial charge in [-0.05, 0) is 62.6 Å². The first-order chi connectivity index (χ1) is 15.1. The van der Waals surface area contributed by atoms with Gasteiger partial charge in [0.25, 0.3) is 5.91 Å². The Morgan fingerprint density at radius 3 is 2.42 bits per heavy atom. The fourth-order valence-corrected chi connectivity index (χ4v) is 3.69. The van der Waals surface area contributed by atoms with E-state index >= 15 is 0 Å². The van der Waals surface area contributed by atoms with Gasteiger partial charge in [0, 0.05) is 36.2 Å². The van der Waals surface area contributed by atoms with E-state index in [2.05, 4.69) is 20.5 Å². The molecular weight excluding hydrogens is 390 g/mol. The van der Waals surface area contributed by atoms with Crippen molar-refractivity contribution in [2.24, 2.45) is 0 Å². The van der Waals surface area contributed by atoms with Gasteiger partial charge in [-0.15, -0.1) is 0 Å². The van der Waals surface area contributed by atoms with E-state index in [-0.39, 0.29) is 5.91 Å². The fourth-order valence-electron chi connectivity index (χ4n) is 3.69. The van der Waals surface area contributed by atoms with E-state index < -0.39 is 0 Å². The van der Waals surface area contributed by atoms with E-state index in [4.69, 9.17) is 9.72 Å². The standard InChI is InChI=1S/C24H27N5O2/c1-17-16-22(29-14-6-3-7-15-29)28-24(25-17)27-19-12-10-18(11-13-19)26-23(30)20-8-4-5-9-21(20)31-2/h4-5,8-13,16H,3,6-7,14-15H2,1-2H3,(H,26,30)(H,25,27,28). The predicted octanol–water partition coefficient (Wildman–Crippen LogP) is 4.78. The van der Waals surface area contributed by atoms with Gasteiger partial charge in [0.2, 0.25) is 5.95 Å². The Kier molecular flexibility index (Phi) is 6.31. The molecule has 7 nitrogen and oxygen atoms in total. The van der Waals surface area contributed by atoms with Crippen LogP contribution in [0.15, 0.2) is 54.6 Å². The van der Waals surface area contributed by atoms with Crippen molar-refractivity contribution in [3.8, 4) is 5.75 Å². The number of rotatable bonds is 6. The van der Waals surface area contributed by atoms with Crippen LogP contribution in [0, 0.1) is 6.92 Å². The molecule has 1 saturated heterocycles. The van der Waals surface area contributed by atoms with Crippen molar-refractivity contribution < 1.29 is 9.53 Å². The predicted molar refractivity (Wildman–Crippen MR) is 124 cm³/mol. The number of aryl methyl sites for hydroxylation is 1. The van der Waals surface area contributed by atoms with Crippen LogP contribution in [-0.4, -0.2) is 36.1 Å². The molecule has 2 aromatic carbocycles. The molecule has 3 aromatic rings. The van der Waals surface area contributed by atoms with Crippen LogP contribution >= 0.6 is 0 Å². The van der Waals surface area contributed by atoms with E-state index in [1.165, 1.54) is 19.3 Å². The highest BCUT2D eigenvalue weighted by atomic mass is 16.5. The maximum absolute atomic E-state index is 12.6. The van der Waals surface area contributed by atoms with Gasteiger partial charge < -0.3 is 20.3 Å². The molecule has 7 heteroatoms. The number of para-hydroxylation sites is 1. The minimum atomic E-state index is -0.216. The average Bonchev–Trinajstić information content (AvgIpc) is 2.80. The number of amides is 1. The lowest BCUT2D eigenvalue weighted by Crippen LogP contribution is -2.30. The van der Waals surface area contributed by atoms with Crippen molar-refractivity contribution in [2.45, 2.75) is 26.2 Å². The molecule has 1 aliphatic rings. The number of nitrogens with zero attached hydrogens (tertiary/aromatic N) is 3. The average molecular weight is 418 g/mol. The molecule has 4 rings (SSSR count). The Morgan fingerprint density at radius 1 is 0.968 bits per heavy atom. The maximum Gasteiger partial charge on any atom is 0.259 e. The largest absolute Gasteiger partial charge is 0.496 e. The van der Waals surface area contributed by atoms with Crippen LogP contribution in [-0.2, 0) is 0 Å². The molecule has 0 radical (unpaired) electrons. The van der Waals surface area contributed by atoms with Crippen LogP contribution in [0.25, 0.3) is 0 Å². The van der Waals surface area contributed by atoms with Crippen molar-refractivity contribution in [1.82, 2.24) is 9.97 Å². The van der Waals surface area contributed by atoms with Gasteiger partial charge in [-0.1, -0.05) is 12.1 Å². The molecule has 1 amide bonds. The zero-order valence-electron chi connectivity index (χ0n) is 17.9. The third-order valence-electron chi connectivity index (χ3n) is 5.27. The van der Waals surface area contributed by atoms with Crippen molar-refractivity contribution >= 4 is 29.0 Å². The Morgan fingerprint density at radius 2 is 1.68 bits per heavy atom. The van der Waals surface area contributed by atoms with Crippen molar-refractivity contribution in [3.05, 3.63) is 65.9 Å². The summed E-state index contributed by atoms with van der Waals surface area (Å²) in [5, 5.41) is 6.17. The van der Waals surface area contributed by atoms with Crippen LogP contribution in [0.3, 0.4) is 0 Å². The number of hydrogen-bond donors (Lipinski definition) is 2. The summed E-state index contributed by atoms with van der Waals surface area (Å²) in [4.78, 5) is 24.1. The van der Waals surface area contributed by atoms with Crippen LogP contribution < -0.4 is 20.3 Å². The summed E-state index contributed by atoms with van der Waals surface area (Å²) in [5.41, 5.74) is 2.97. The van der Waals surface area contributed by atoms with E-state index in [1.54, 1.807) is 19.2 Å². The van der Waals surface area contributed by atoms with E-state index in [1.807, 2.05) is 49.4 Å². The summed E-state index contributed by atoms with van der Waals surface area (Å²) < 4.78 is 5.26. The zero-order valence-corrected chi connectivity index (χ0v) is 17.9. The number of hydrogen-bond acceptors (Lipinski definition) is 6. The Labute approximate surface area is 182 Å². The first-order valence-electron chi connectivity index (χ1n) is 10.5. The van der Waals surface area contributed by atoms with E-state index in [0.29, 0.717) is 22.9 Å². The highest BCUT2D eigenvalue weighted by Crippen LogP contribution is 2.23. The normalized spacial score (nSPS) is 13.5. The minimum Gasteiger partial charge on any atom is -0.496 e. The second kappa shape index (κ2) is 9.47. The summed E-state index contributed by atoms with van der Waals surface area (Å²) in [7, 11) is 1.55. The van der Waals surface area contributed by atoms with Gasteiger partial charge in [-0.25, -0.2) is 4.98 Å². The monoisotopic (exact) mass is 417 g/mol. The van der Waals surface area contributed by atoms with Gasteiger partial charge >= 0.3 is 0 Å². The minimum absolute atomic E-state index is 0.216. The summed E-state index contributed by atoms with van der Waals surface area (Å²) in [6.45, 7) is 4.06. The summed E-state index contributed by atoms with van der Waals surface area (Å²) in [6, 6.07) is 16.7. The van der Waals surface area contributed by atoms with Gasteiger partial charge in [0.1, 0.15) is 11.6 Å². The Bertz CT molecular complexity index is 1050. The lowest BCUT2D eigenvalue weighted by molar-refractivity contribution is 0.102. The second-order valence-electron chi connectivity index (χ2n) is 7.60. The van der Waals surface area contributed by atoms with Crippen molar-refractivity contribution in [3.63, 3.8) is 0 Å². The highest BCUT2D eigenvalue weighted by Gasteiger charge is 2.14. The van der Waals surface area contributed by atoms with Crippen LogP contribution in [0.2, 0.25) is 0 Å². The lowest BCUT2D eigenvalue weighted by Gasteiger charge is -2.28. The Hall–Kier alpha value is -3.61. The summed E-state index contributed by atoms with van der Waals surface area (Å²) >= 11 is 0. The molecule has 0 bridgehead atoms. The van der Waals surface area contributed by atoms with Gasteiger partial charge in [0.15, 0.2) is 0 Å². The second-order valence-corrected chi connectivity index (χ2v) is 7.60. The number of methoxy groups -OCH3 is 1. The molecular formula is C24H27N5O2. The van der Waals surface area contributed by atoms with E-state index in [9.17, 15) is 4.79 Å². The quantitative estimate of drug-likeness (QED) is 0.601. The van der Waals surface area contributed by atoms with Gasteiger partial charge in [0.05, 0.1) is 12.7 Å². The number of anilines is 4. The van der Waals surface area contributed by atoms with Gasteiger partial charge in [-0.2, -0.15) is 4.98 Å². The Balaban J connectivity index is 1.44. The summed E-state index contributed by atoms with van der Waals surface area (Å²) in [5.74, 6) is 1.87. The molecule has 0 spiro atoms. The number of aromatic nitrogens is 2. The summed E-state index contributed by atoms with van der Waals surface area (Å²) in [6.07, 6.45) is 3.69. The first-order valence-corrected chi connectivity index (χ1v) is 10.5. The fraction of sp³-hybridized carbons (Fsp3) is 0.292. The van der Waals surface area contributed by atoms with Crippen molar-refractivity contribution in [2.75, 3.05) is 35.7 Å². The smallest absolute Gasteiger partial charge is 0.259 e. The van der Waals surface area contributed by atoms with Crippen LogP contribution in [0.4, 0.5) is 23.1 Å². The maximum atomic E-state index is 12.6. The number of carbonyl (C=O) groups excluding carboxylic acids is 1. The number of nitrogens with one attached hydrogen (secondary N) is 2. The molecule has 1 aliphatic heterocycles. The first kappa shape index (κ1) is 20.7. The number of benzene rings is 2. The van der Waals surface area contributed by atoms with Crippen LogP contribution in [0.1, 0.15) is 35.3 Å². The topological polar surface area (TPSA) is 79.4 Å².